The highest BCUT2D eigenvalue weighted by Gasteiger charge is 2.82. The van der Waals surface area contributed by atoms with Crippen LogP contribution in [-0.4, -0.2) is 221 Å². The monoisotopic (exact) mass is 1500 g/mol. The van der Waals surface area contributed by atoms with Crippen LogP contribution in [0.2, 0.25) is 0 Å². The third kappa shape index (κ3) is 9.10. The first-order valence-electron chi connectivity index (χ1n) is 37.5. The number of azide groups is 1. The first-order valence-corrected chi connectivity index (χ1v) is 40.3. The lowest BCUT2D eigenvalue weighted by atomic mass is 9.53. The van der Waals surface area contributed by atoms with Crippen molar-refractivity contribution >= 4 is 78.7 Å². The summed E-state index contributed by atoms with van der Waals surface area (Å²) in [6.07, 6.45) is 1.11. The molecule has 0 spiro atoms. The van der Waals surface area contributed by atoms with E-state index < -0.39 is 114 Å². The highest BCUT2D eigenvalue weighted by Crippen LogP contribution is 2.73. The second kappa shape index (κ2) is 25.2. The highest BCUT2D eigenvalue weighted by atomic mass is 32.2. The third-order valence-electron chi connectivity index (χ3n) is 27.0. The summed E-state index contributed by atoms with van der Waals surface area (Å²) in [5.74, 6) is -1.99. The van der Waals surface area contributed by atoms with Crippen molar-refractivity contribution in [2.75, 3.05) is 48.9 Å². The molecule has 1 N–H and O–H groups in total. The molecule has 0 unspecified atom stereocenters. The van der Waals surface area contributed by atoms with E-state index in [1.807, 2.05) is 72.8 Å². The number of carbonyl (C=O) groups is 8. The minimum Gasteiger partial charge on any atom is -0.396 e. The Labute approximate surface area is 626 Å². The fourth-order valence-corrected chi connectivity index (χ4v) is 25.7. The highest BCUT2D eigenvalue weighted by molar-refractivity contribution is 7.93. The number of rotatable bonds is 15. The normalized spacial score (nSPS) is 32.4. The van der Waals surface area contributed by atoms with Gasteiger partial charge >= 0.3 is 0 Å². The molecule has 8 fully saturated rings. The summed E-state index contributed by atoms with van der Waals surface area (Å²) in [4.78, 5) is 133. The van der Waals surface area contributed by atoms with E-state index in [-0.39, 0.29) is 109 Å². The van der Waals surface area contributed by atoms with Crippen LogP contribution in [0.25, 0.3) is 10.4 Å². The van der Waals surface area contributed by atoms with Gasteiger partial charge in [-0.2, -0.15) is 0 Å². The number of benzene rings is 6. The molecule has 6 aromatic rings. The Morgan fingerprint density at radius 3 is 1.16 bits per heavy atom. The fraction of sp³-hybridized carbons (Fsp3) is 0.450. The summed E-state index contributed by atoms with van der Waals surface area (Å²) in [6, 6.07) is 38.9. The van der Waals surface area contributed by atoms with Gasteiger partial charge in [-0.25, -0.2) is 25.4 Å². The number of sulfonamides is 2. The van der Waals surface area contributed by atoms with Crippen LogP contribution in [0.1, 0.15) is 112 Å². The maximum atomic E-state index is 15.2. The van der Waals surface area contributed by atoms with Crippen molar-refractivity contribution in [2.45, 2.75) is 196 Å². The average Bonchev–Trinajstić information content (AvgIpc) is 1.47. The van der Waals surface area contributed by atoms with Crippen LogP contribution in [0.15, 0.2) is 173 Å². The number of para-hydroxylation sites is 2. The molecule has 2 aliphatic carbocycles. The number of nitrogens with zero attached hydrogens (tertiary/aromatic N) is 13. The average molecular weight is 1500 g/mol. The van der Waals surface area contributed by atoms with Crippen molar-refractivity contribution in [2.24, 2.45) is 5.11 Å². The molecule has 26 nitrogen and oxygen atoms in total. The number of piperazine rings is 4. The van der Waals surface area contributed by atoms with Gasteiger partial charge in [-0.15, -0.1) is 0 Å². The molecule has 18 rings (SSSR count). The van der Waals surface area contributed by atoms with Gasteiger partial charge in [0, 0.05) is 68.2 Å². The molecule has 10 heterocycles. The molecular formula is C80H85N13O13S2. The molecule has 6 aromatic carbocycles. The van der Waals surface area contributed by atoms with E-state index in [0.29, 0.717) is 61.0 Å². The summed E-state index contributed by atoms with van der Waals surface area (Å²) in [6.45, 7) is 7.58. The standard InChI is InChI=1S/C40H42N8O6S.C40H43N5O7S/c1-24-34(49)46-31(36(51)44(24)3)22-39(28-16-8-7-13-26(28)21-33(39)46)40-23-32-37(52)45(20-12-11-19-42-43-41)25(2)35(50)47(32)38(40)48(30-18-10-9-17-29(30)40)55(53,54)27-14-5-4-6-15-27;1-24-34(47)43-31(36(49)41(24)3)22-39(28-16-8-7-13-26(28)21-33(39)43)40-23-32-37(50)42(19-11-12-20-46)25(2)35(48)44(32)38(40)45(30-18-10-9-17-29(30)40)53(51,52)27-14-5-4-6-15-27/h4-10,13-18,24-25,31-33,38H,11-12,19-23H2,1-3H3;4-10,13-18,24-25,31-33,38,46H,11-12,19-23H2,1-3H3/t2*24-,25-,31-,32-,33-,38-,39-,40-/m00/s1. The summed E-state index contributed by atoms with van der Waals surface area (Å²) in [5, 5.41) is 13.1. The molecule has 0 aromatic heterocycles. The number of unbranched alkanes of at least 4 members (excludes halogenated alkanes) is 2. The zero-order valence-corrected chi connectivity index (χ0v) is 62.4. The van der Waals surface area contributed by atoms with Crippen molar-refractivity contribution in [1.29, 1.82) is 0 Å². The molecule has 12 aliphatic rings. The van der Waals surface area contributed by atoms with Crippen LogP contribution < -0.4 is 8.61 Å². The maximum Gasteiger partial charge on any atom is 0.266 e. The minimum absolute atomic E-state index is 0.0413. The van der Waals surface area contributed by atoms with E-state index in [9.17, 15) is 38.7 Å². The van der Waals surface area contributed by atoms with Crippen LogP contribution in [0.3, 0.4) is 0 Å². The van der Waals surface area contributed by atoms with Gasteiger partial charge in [0.2, 0.25) is 47.3 Å². The smallest absolute Gasteiger partial charge is 0.266 e. The molecule has 0 bridgehead atoms. The zero-order valence-electron chi connectivity index (χ0n) is 60.8. The van der Waals surface area contributed by atoms with Crippen molar-refractivity contribution in [3.05, 3.63) is 202 Å². The Morgan fingerprint density at radius 2 is 0.759 bits per heavy atom. The van der Waals surface area contributed by atoms with Gasteiger partial charge in [0.25, 0.3) is 20.0 Å². The van der Waals surface area contributed by atoms with E-state index >= 15 is 21.6 Å². The van der Waals surface area contributed by atoms with Gasteiger partial charge in [0.1, 0.15) is 60.7 Å². The number of amides is 8. The van der Waals surface area contributed by atoms with Crippen molar-refractivity contribution in [3.63, 3.8) is 0 Å². The Balaban J connectivity index is 0.000000158. The number of aliphatic hydroxyl groups is 1. The molecule has 0 radical (unpaired) electrons. The minimum atomic E-state index is -4.37. The Hall–Kier alpha value is -10.2. The molecule has 10 aliphatic heterocycles. The fourth-order valence-electron chi connectivity index (χ4n) is 22.4. The second-order valence-electron chi connectivity index (χ2n) is 31.3. The zero-order chi connectivity index (χ0) is 75.8. The third-order valence-corrected chi connectivity index (χ3v) is 30.6. The van der Waals surface area contributed by atoms with Crippen LogP contribution in [0, 0.1) is 0 Å². The second-order valence-corrected chi connectivity index (χ2v) is 34.9. The summed E-state index contributed by atoms with van der Waals surface area (Å²) in [7, 11) is -5.44. The lowest BCUT2D eigenvalue weighted by Crippen LogP contribution is -2.68. The molecule has 108 heavy (non-hydrogen) atoms. The molecule has 0 saturated carbocycles. The quantitative estimate of drug-likeness (QED) is 0.0527. The van der Waals surface area contributed by atoms with Gasteiger partial charge < -0.3 is 44.3 Å². The number of fused-ring (bicyclic) bond motifs is 22. The Morgan fingerprint density at radius 1 is 0.417 bits per heavy atom. The summed E-state index contributed by atoms with van der Waals surface area (Å²) >= 11 is 0. The van der Waals surface area contributed by atoms with E-state index in [2.05, 4.69) is 10.0 Å². The molecule has 16 atom stereocenters. The van der Waals surface area contributed by atoms with Crippen molar-refractivity contribution in [3.8, 4) is 0 Å². The number of likely N-dealkylation sites (N-methyl/N-ethyl adjacent to an activating group) is 2. The number of aliphatic hydroxyl groups excluding tert-OH is 1. The van der Waals surface area contributed by atoms with Crippen LogP contribution >= 0.6 is 0 Å². The van der Waals surface area contributed by atoms with Gasteiger partial charge in [0.05, 0.1) is 32.0 Å². The van der Waals surface area contributed by atoms with Gasteiger partial charge in [0.15, 0.2) is 0 Å². The lowest BCUT2D eigenvalue weighted by molar-refractivity contribution is -0.160. The van der Waals surface area contributed by atoms with Crippen LogP contribution in [0.4, 0.5) is 11.4 Å². The van der Waals surface area contributed by atoms with E-state index in [1.54, 1.807) is 127 Å². The van der Waals surface area contributed by atoms with Crippen molar-refractivity contribution in [1.82, 2.24) is 39.2 Å². The topological polar surface area (TPSA) is 306 Å². The lowest BCUT2D eigenvalue weighted by Gasteiger charge is -2.50. The van der Waals surface area contributed by atoms with Gasteiger partial charge in [-0.3, -0.25) is 38.4 Å². The molecule has 8 amide bonds. The SMILES string of the molecule is C[C@H]1C(=O)N2[C@H]3Cc4ccccc4[C@@]3([C@]34C[C@H]5C(=O)N(CCCCN=[N+]=[N-])[C@@H](C)C(=O)N5[C@H]3N(S(=O)(=O)c3ccccc3)c3ccccc34)C[C@H]2C(=O)N1C.C[C@H]1C(=O)N2[C@H]3Cc4ccccc4[C@@]3([C@]34C[C@H]5C(=O)N(CCCCO)[C@@H](C)C(=O)N5[C@H]3N(S(=O)(=O)c3ccccc3)c3ccccc34)C[C@H]2C(=O)N1C. The van der Waals surface area contributed by atoms with Crippen LogP contribution in [-0.2, 0) is 92.9 Å². The number of hydrogen-bond acceptors (Lipinski definition) is 14. The summed E-state index contributed by atoms with van der Waals surface area (Å²) < 4.78 is 63.6. The van der Waals surface area contributed by atoms with Crippen LogP contribution in [0.5, 0.6) is 0 Å². The predicted molar refractivity (Wildman–Crippen MR) is 395 cm³/mol. The molecule has 28 heteroatoms. The maximum absolute atomic E-state index is 15.2. The number of anilines is 2. The van der Waals surface area contributed by atoms with Gasteiger partial charge in [-0.05, 0) is 167 Å². The summed E-state index contributed by atoms with van der Waals surface area (Å²) in [5.41, 5.74) is 10.1. The van der Waals surface area contributed by atoms with Crippen molar-refractivity contribution < 1.29 is 60.3 Å². The largest absolute Gasteiger partial charge is 0.396 e. The number of hydrogen-bond donors (Lipinski definition) is 1. The van der Waals surface area contributed by atoms with Gasteiger partial charge in [-0.1, -0.05) is 126 Å². The van der Waals surface area contributed by atoms with E-state index in [0.717, 1.165) is 22.3 Å². The van der Waals surface area contributed by atoms with E-state index in [4.69, 9.17) is 5.53 Å². The van der Waals surface area contributed by atoms with E-state index in [1.165, 1.54) is 47.6 Å². The number of carbonyl (C=O) groups excluding carboxylic acids is 8. The molecular weight excluding hydrogens is 1420 g/mol. The Kier molecular flexibility index (Phi) is 16.5. The first-order chi connectivity index (χ1) is 51.9. The molecule has 8 saturated heterocycles. The predicted octanol–water partition coefficient (Wildman–Crippen LogP) is 6.09. The Bertz CT molecular complexity index is 5130. The first kappa shape index (κ1) is 70.8. The molecule has 560 valence electrons.